The predicted octanol–water partition coefficient (Wildman–Crippen LogP) is 1.89. The molecule has 1 aliphatic heterocycles. The number of nitrogens with zero attached hydrogens (tertiary/aromatic N) is 3. The van der Waals surface area contributed by atoms with E-state index < -0.39 is 0 Å². The number of thioether (sulfide) groups is 2. The fourth-order valence-electron chi connectivity index (χ4n) is 2.19. The molecule has 116 valence electrons. The molecule has 1 aromatic carbocycles. The summed E-state index contributed by atoms with van der Waals surface area (Å²) < 4.78 is 13.9. The predicted molar refractivity (Wildman–Crippen MR) is 84.8 cm³/mol. The van der Waals surface area contributed by atoms with Gasteiger partial charge >= 0.3 is 0 Å². The molecule has 0 aliphatic carbocycles. The number of benzene rings is 1. The molecule has 1 saturated heterocycles. The summed E-state index contributed by atoms with van der Waals surface area (Å²) >= 11 is 2.78. The number of carbonyl (C=O) groups is 1. The number of amides is 1. The number of carbonyl (C=O) groups excluding carboxylic acids is 1. The molecular weight excluding hydrogens is 325 g/mol. The molecule has 1 aromatic heterocycles. The van der Waals surface area contributed by atoms with Crippen LogP contribution in [0, 0.1) is 5.82 Å². The molecule has 1 atom stereocenters. The number of anilines is 1. The van der Waals surface area contributed by atoms with Gasteiger partial charge in [0, 0.05) is 17.9 Å². The van der Waals surface area contributed by atoms with Crippen molar-refractivity contribution in [2.75, 3.05) is 23.8 Å². The largest absolute Gasteiger partial charge is 0.368 e. The molecule has 1 aliphatic rings. The molecule has 22 heavy (non-hydrogen) atoms. The van der Waals surface area contributed by atoms with Gasteiger partial charge in [-0.15, -0.1) is 16.9 Å². The molecule has 0 radical (unpaired) electrons. The lowest BCUT2D eigenvalue weighted by Gasteiger charge is -2.24. The molecule has 2 heterocycles. The third-order valence-electron chi connectivity index (χ3n) is 3.19. The summed E-state index contributed by atoms with van der Waals surface area (Å²) in [6.07, 6.45) is 0. The third kappa shape index (κ3) is 3.20. The van der Waals surface area contributed by atoms with Crippen LogP contribution >= 0.6 is 23.5 Å². The van der Waals surface area contributed by atoms with Gasteiger partial charge in [-0.1, -0.05) is 30.0 Å². The van der Waals surface area contributed by atoms with Crippen molar-refractivity contribution >= 4 is 35.4 Å². The second-order valence-corrected chi connectivity index (χ2v) is 6.75. The van der Waals surface area contributed by atoms with Crippen molar-refractivity contribution in [2.24, 2.45) is 0 Å². The van der Waals surface area contributed by atoms with Crippen LogP contribution in [0.4, 0.5) is 10.3 Å². The Morgan fingerprint density at radius 1 is 1.55 bits per heavy atom. The van der Waals surface area contributed by atoms with Gasteiger partial charge in [0.25, 0.3) is 0 Å². The highest BCUT2D eigenvalue weighted by Crippen LogP contribution is 2.39. The summed E-state index contributed by atoms with van der Waals surface area (Å²) in [4.78, 5) is 18.0. The molecule has 0 saturated carbocycles. The summed E-state index contributed by atoms with van der Waals surface area (Å²) in [5, 5.41) is 6.55. The summed E-state index contributed by atoms with van der Waals surface area (Å²) in [6, 6.07) is 6.57. The quantitative estimate of drug-likeness (QED) is 0.827. The standard InChI is InChI=1S/C13H14FN5OS2/c14-9-4-2-1-3-8(9)11-19(5-6-21-11)10(20)7-22-13-16-12(15)17-18-13/h1-4,11H,5-7H2,(H3,15,16,17,18)/t11-/m1/s1. The molecule has 1 fully saturated rings. The Bertz CT molecular complexity index is 680. The monoisotopic (exact) mass is 339 g/mol. The van der Waals surface area contributed by atoms with E-state index in [1.54, 1.807) is 34.9 Å². The zero-order chi connectivity index (χ0) is 15.5. The van der Waals surface area contributed by atoms with Crippen LogP contribution in [0.15, 0.2) is 29.4 Å². The number of hydrogen-bond donors (Lipinski definition) is 2. The summed E-state index contributed by atoms with van der Waals surface area (Å²) in [5.74, 6) is 0.864. The smallest absolute Gasteiger partial charge is 0.234 e. The van der Waals surface area contributed by atoms with Crippen molar-refractivity contribution in [1.29, 1.82) is 0 Å². The van der Waals surface area contributed by atoms with E-state index in [9.17, 15) is 9.18 Å². The Morgan fingerprint density at radius 3 is 3.09 bits per heavy atom. The summed E-state index contributed by atoms with van der Waals surface area (Å²) in [6.45, 7) is 0.610. The van der Waals surface area contributed by atoms with E-state index in [-0.39, 0.29) is 28.8 Å². The van der Waals surface area contributed by atoms with Crippen molar-refractivity contribution in [2.45, 2.75) is 10.5 Å². The fraction of sp³-hybridized carbons (Fsp3) is 0.308. The van der Waals surface area contributed by atoms with Crippen LogP contribution in [-0.4, -0.2) is 44.0 Å². The minimum absolute atomic E-state index is 0.0633. The van der Waals surface area contributed by atoms with E-state index in [0.29, 0.717) is 17.3 Å². The van der Waals surface area contributed by atoms with Crippen LogP contribution in [0.3, 0.4) is 0 Å². The maximum absolute atomic E-state index is 13.9. The second-order valence-electron chi connectivity index (χ2n) is 4.62. The first-order valence-corrected chi connectivity index (χ1v) is 8.65. The molecule has 6 nitrogen and oxygen atoms in total. The fourth-order valence-corrected chi connectivity index (χ4v) is 4.18. The van der Waals surface area contributed by atoms with E-state index in [2.05, 4.69) is 15.2 Å². The number of rotatable bonds is 4. The first-order valence-electron chi connectivity index (χ1n) is 6.61. The topological polar surface area (TPSA) is 87.9 Å². The third-order valence-corrected chi connectivity index (χ3v) is 5.26. The summed E-state index contributed by atoms with van der Waals surface area (Å²) in [5.41, 5.74) is 5.99. The minimum Gasteiger partial charge on any atom is -0.368 e. The van der Waals surface area contributed by atoms with E-state index in [1.807, 2.05) is 0 Å². The highest BCUT2D eigenvalue weighted by molar-refractivity contribution is 8.00. The molecule has 3 rings (SSSR count). The number of hydrogen-bond acceptors (Lipinski definition) is 6. The van der Waals surface area contributed by atoms with Crippen molar-refractivity contribution in [3.05, 3.63) is 35.6 Å². The van der Waals surface area contributed by atoms with Gasteiger partial charge < -0.3 is 10.6 Å². The minimum atomic E-state index is -0.283. The number of H-pyrrole nitrogens is 1. The van der Waals surface area contributed by atoms with Crippen molar-refractivity contribution < 1.29 is 9.18 Å². The molecule has 0 spiro atoms. The lowest BCUT2D eigenvalue weighted by Crippen LogP contribution is -2.32. The Kier molecular flexibility index (Phi) is 4.53. The van der Waals surface area contributed by atoms with Crippen LogP contribution in [-0.2, 0) is 4.79 Å². The molecular formula is C13H14FN5OS2. The number of nitrogen functional groups attached to an aromatic ring is 1. The van der Waals surface area contributed by atoms with Gasteiger partial charge in [-0.3, -0.25) is 4.79 Å². The molecule has 3 N–H and O–H groups in total. The average Bonchev–Trinajstić information content (AvgIpc) is 3.14. The molecule has 9 heteroatoms. The summed E-state index contributed by atoms with van der Waals surface area (Å²) in [7, 11) is 0. The maximum Gasteiger partial charge on any atom is 0.234 e. The van der Waals surface area contributed by atoms with Crippen LogP contribution in [0.25, 0.3) is 0 Å². The van der Waals surface area contributed by atoms with Gasteiger partial charge in [0.2, 0.25) is 17.0 Å². The molecule has 1 amide bonds. The van der Waals surface area contributed by atoms with Crippen molar-refractivity contribution in [3.8, 4) is 0 Å². The van der Waals surface area contributed by atoms with Gasteiger partial charge in [-0.2, -0.15) is 4.98 Å². The number of nitrogens with one attached hydrogen (secondary N) is 1. The molecule has 2 aromatic rings. The number of aromatic amines is 1. The molecule has 0 bridgehead atoms. The Hall–Kier alpha value is -1.74. The van der Waals surface area contributed by atoms with E-state index in [4.69, 9.17) is 5.73 Å². The first kappa shape index (κ1) is 15.2. The maximum atomic E-state index is 13.9. The van der Waals surface area contributed by atoms with Gasteiger partial charge in [0.15, 0.2) is 0 Å². The lowest BCUT2D eigenvalue weighted by molar-refractivity contribution is -0.128. The lowest BCUT2D eigenvalue weighted by atomic mass is 10.2. The zero-order valence-corrected chi connectivity index (χ0v) is 13.2. The van der Waals surface area contributed by atoms with Crippen LogP contribution in [0.5, 0.6) is 0 Å². The van der Waals surface area contributed by atoms with Crippen molar-refractivity contribution in [3.63, 3.8) is 0 Å². The molecule has 0 unspecified atom stereocenters. The second kappa shape index (κ2) is 6.57. The van der Waals surface area contributed by atoms with Crippen molar-refractivity contribution in [1.82, 2.24) is 20.1 Å². The first-order chi connectivity index (χ1) is 10.6. The average molecular weight is 339 g/mol. The number of halogens is 1. The SMILES string of the molecule is Nc1nc(SCC(=O)N2CCS[C@@H]2c2ccccc2F)n[nH]1. The number of aromatic nitrogens is 3. The Balaban J connectivity index is 1.67. The van der Waals surface area contributed by atoms with Crippen LogP contribution < -0.4 is 5.73 Å². The van der Waals surface area contributed by atoms with Gasteiger partial charge in [-0.05, 0) is 6.07 Å². The van der Waals surface area contributed by atoms with Crippen LogP contribution in [0.1, 0.15) is 10.9 Å². The van der Waals surface area contributed by atoms with Crippen LogP contribution in [0.2, 0.25) is 0 Å². The van der Waals surface area contributed by atoms with Gasteiger partial charge in [0.05, 0.1) is 5.75 Å². The highest BCUT2D eigenvalue weighted by Gasteiger charge is 2.32. The normalized spacial score (nSPS) is 17.9. The zero-order valence-electron chi connectivity index (χ0n) is 11.5. The van der Waals surface area contributed by atoms with Gasteiger partial charge in [-0.25, -0.2) is 9.49 Å². The Labute approximate surface area is 135 Å². The van der Waals surface area contributed by atoms with Gasteiger partial charge in [0.1, 0.15) is 11.2 Å². The Morgan fingerprint density at radius 2 is 2.36 bits per heavy atom. The van der Waals surface area contributed by atoms with E-state index in [0.717, 1.165) is 5.75 Å². The van der Waals surface area contributed by atoms with E-state index in [1.165, 1.54) is 17.8 Å². The number of nitrogens with two attached hydrogens (primary N) is 1. The highest BCUT2D eigenvalue weighted by atomic mass is 32.2. The van der Waals surface area contributed by atoms with E-state index >= 15 is 0 Å².